The van der Waals surface area contributed by atoms with E-state index in [1.165, 1.54) is 36.7 Å². The second-order valence-corrected chi connectivity index (χ2v) is 5.07. The van der Waals surface area contributed by atoms with Gasteiger partial charge < -0.3 is 10.6 Å². The first kappa shape index (κ1) is 16.1. The minimum absolute atomic E-state index is 0.264. The lowest BCUT2D eigenvalue weighted by molar-refractivity contribution is 0.102. The Morgan fingerprint density at radius 3 is 2.44 bits per heavy atom. The van der Waals surface area contributed by atoms with E-state index in [4.69, 9.17) is 5.26 Å². The van der Waals surface area contributed by atoms with Gasteiger partial charge in [0.25, 0.3) is 5.91 Å². The highest BCUT2D eigenvalue weighted by Gasteiger charge is 2.08. The van der Waals surface area contributed by atoms with Gasteiger partial charge >= 0.3 is 0 Å². The Kier molecular flexibility index (Phi) is 4.62. The monoisotopic (exact) mass is 333 g/mol. The number of nitrogens with zero attached hydrogens (tertiary/aromatic N) is 3. The fourth-order valence-corrected chi connectivity index (χ4v) is 2.04. The molecule has 0 bridgehead atoms. The number of anilines is 3. The van der Waals surface area contributed by atoms with Gasteiger partial charge in [0.1, 0.15) is 5.82 Å². The van der Waals surface area contributed by atoms with Crippen molar-refractivity contribution in [1.82, 2.24) is 9.97 Å². The fourth-order valence-electron chi connectivity index (χ4n) is 2.04. The number of carbonyl (C=O) groups is 1. The highest BCUT2D eigenvalue weighted by Crippen LogP contribution is 2.15. The first-order valence-corrected chi connectivity index (χ1v) is 7.30. The van der Waals surface area contributed by atoms with Crippen LogP contribution in [0.25, 0.3) is 0 Å². The summed E-state index contributed by atoms with van der Waals surface area (Å²) in [4.78, 5) is 20.3. The molecule has 0 atom stereocenters. The van der Waals surface area contributed by atoms with Crippen molar-refractivity contribution in [3.8, 4) is 6.07 Å². The van der Waals surface area contributed by atoms with E-state index in [9.17, 15) is 9.18 Å². The number of amides is 1. The SMILES string of the molecule is N#Cc1cccc(Nc2ncc(C(=O)Nc3ccc(F)cc3)cn2)c1. The molecule has 0 aliphatic rings. The van der Waals surface area contributed by atoms with Gasteiger partial charge in [0, 0.05) is 23.8 Å². The van der Waals surface area contributed by atoms with Crippen molar-refractivity contribution in [2.45, 2.75) is 0 Å². The molecule has 0 saturated carbocycles. The zero-order valence-electron chi connectivity index (χ0n) is 12.9. The second-order valence-electron chi connectivity index (χ2n) is 5.07. The summed E-state index contributed by atoms with van der Waals surface area (Å²) >= 11 is 0. The summed E-state index contributed by atoms with van der Waals surface area (Å²) in [5, 5.41) is 14.5. The Hall–Kier alpha value is -3.79. The van der Waals surface area contributed by atoms with E-state index in [0.717, 1.165) is 0 Å². The van der Waals surface area contributed by atoms with Gasteiger partial charge in [0.2, 0.25) is 5.95 Å². The normalized spacial score (nSPS) is 9.92. The number of hydrogen-bond acceptors (Lipinski definition) is 5. The van der Waals surface area contributed by atoms with Crippen LogP contribution in [0.4, 0.5) is 21.7 Å². The van der Waals surface area contributed by atoms with E-state index in [1.54, 1.807) is 24.3 Å². The number of halogens is 1. The van der Waals surface area contributed by atoms with Gasteiger partial charge in [-0.15, -0.1) is 0 Å². The lowest BCUT2D eigenvalue weighted by Crippen LogP contribution is -2.13. The summed E-state index contributed by atoms with van der Waals surface area (Å²) in [6.07, 6.45) is 2.75. The average molecular weight is 333 g/mol. The molecule has 0 unspecified atom stereocenters. The van der Waals surface area contributed by atoms with Crippen LogP contribution in [-0.2, 0) is 0 Å². The summed E-state index contributed by atoms with van der Waals surface area (Å²) in [6, 6.07) is 14.4. The van der Waals surface area contributed by atoms with Crippen LogP contribution < -0.4 is 10.6 Å². The Morgan fingerprint density at radius 1 is 1.04 bits per heavy atom. The molecule has 0 spiro atoms. The molecule has 3 aromatic rings. The third-order valence-corrected chi connectivity index (χ3v) is 3.26. The Balaban J connectivity index is 1.68. The van der Waals surface area contributed by atoms with Crippen LogP contribution in [-0.4, -0.2) is 15.9 Å². The van der Waals surface area contributed by atoms with Crippen LogP contribution in [0.3, 0.4) is 0 Å². The Morgan fingerprint density at radius 2 is 1.76 bits per heavy atom. The first-order chi connectivity index (χ1) is 12.1. The second kappa shape index (κ2) is 7.19. The van der Waals surface area contributed by atoms with Crippen LogP contribution >= 0.6 is 0 Å². The van der Waals surface area contributed by atoms with E-state index < -0.39 is 5.91 Å². The number of nitrogens with one attached hydrogen (secondary N) is 2. The molecule has 7 heteroatoms. The topological polar surface area (TPSA) is 90.7 Å². The molecule has 0 radical (unpaired) electrons. The number of carbonyl (C=O) groups excluding carboxylic acids is 1. The number of benzene rings is 2. The highest BCUT2D eigenvalue weighted by molar-refractivity contribution is 6.03. The van der Waals surface area contributed by atoms with Crippen molar-refractivity contribution in [3.63, 3.8) is 0 Å². The van der Waals surface area contributed by atoms with Crippen LogP contribution in [0.15, 0.2) is 60.9 Å². The third kappa shape index (κ3) is 4.14. The number of hydrogen-bond donors (Lipinski definition) is 2. The Labute approximate surface area is 143 Å². The van der Waals surface area contributed by atoms with Crippen LogP contribution in [0.1, 0.15) is 15.9 Å². The molecule has 1 heterocycles. The van der Waals surface area contributed by atoms with Crippen molar-refractivity contribution in [2.24, 2.45) is 0 Å². The van der Waals surface area contributed by atoms with E-state index in [-0.39, 0.29) is 11.4 Å². The zero-order valence-corrected chi connectivity index (χ0v) is 12.9. The molecular formula is C18H12FN5O. The minimum Gasteiger partial charge on any atom is -0.324 e. The van der Waals surface area contributed by atoms with E-state index in [2.05, 4.69) is 20.6 Å². The Bertz CT molecular complexity index is 933. The smallest absolute Gasteiger partial charge is 0.258 e. The lowest BCUT2D eigenvalue weighted by Gasteiger charge is -2.07. The molecule has 1 aromatic heterocycles. The van der Waals surface area contributed by atoms with Crippen LogP contribution in [0, 0.1) is 17.1 Å². The fraction of sp³-hybridized carbons (Fsp3) is 0. The van der Waals surface area contributed by atoms with Gasteiger partial charge in [-0.3, -0.25) is 4.79 Å². The maximum atomic E-state index is 12.9. The predicted molar refractivity (Wildman–Crippen MR) is 90.8 cm³/mol. The van der Waals surface area contributed by atoms with Crippen LogP contribution in [0.2, 0.25) is 0 Å². The van der Waals surface area contributed by atoms with Crippen molar-refractivity contribution >= 4 is 23.2 Å². The van der Waals surface area contributed by atoms with Crippen LogP contribution in [0.5, 0.6) is 0 Å². The molecule has 25 heavy (non-hydrogen) atoms. The third-order valence-electron chi connectivity index (χ3n) is 3.26. The first-order valence-electron chi connectivity index (χ1n) is 7.30. The maximum absolute atomic E-state index is 12.9. The summed E-state index contributed by atoms with van der Waals surface area (Å²) < 4.78 is 12.9. The summed E-state index contributed by atoms with van der Waals surface area (Å²) in [7, 11) is 0. The standard InChI is InChI=1S/C18H12FN5O/c19-14-4-6-15(7-5-14)23-17(25)13-10-21-18(22-11-13)24-16-3-1-2-12(8-16)9-20/h1-8,10-11H,(H,23,25)(H,21,22,24). The molecule has 0 aliphatic carbocycles. The number of aromatic nitrogens is 2. The summed E-state index contributed by atoms with van der Waals surface area (Å²) in [5.41, 5.74) is 1.92. The summed E-state index contributed by atoms with van der Waals surface area (Å²) in [5.74, 6) is -0.477. The number of nitriles is 1. The maximum Gasteiger partial charge on any atom is 0.258 e. The van der Waals surface area contributed by atoms with Gasteiger partial charge in [-0.2, -0.15) is 5.26 Å². The molecule has 0 saturated heterocycles. The molecule has 2 aromatic carbocycles. The zero-order chi connectivity index (χ0) is 17.6. The molecule has 2 N–H and O–H groups in total. The number of rotatable bonds is 4. The van der Waals surface area contributed by atoms with Gasteiger partial charge in [-0.25, -0.2) is 14.4 Å². The quantitative estimate of drug-likeness (QED) is 0.763. The molecule has 0 fully saturated rings. The van der Waals surface area contributed by atoms with Gasteiger partial charge in [-0.1, -0.05) is 6.07 Å². The minimum atomic E-state index is -0.398. The van der Waals surface area contributed by atoms with Crippen molar-refractivity contribution < 1.29 is 9.18 Å². The molecule has 1 amide bonds. The van der Waals surface area contributed by atoms with Gasteiger partial charge in [0.05, 0.1) is 17.2 Å². The lowest BCUT2D eigenvalue weighted by atomic mass is 10.2. The van der Waals surface area contributed by atoms with Gasteiger partial charge in [0.15, 0.2) is 0 Å². The van der Waals surface area contributed by atoms with E-state index in [0.29, 0.717) is 22.9 Å². The van der Waals surface area contributed by atoms with E-state index >= 15 is 0 Å². The molecule has 122 valence electrons. The largest absolute Gasteiger partial charge is 0.324 e. The van der Waals surface area contributed by atoms with E-state index in [1.807, 2.05) is 6.07 Å². The molecular weight excluding hydrogens is 321 g/mol. The molecule has 0 aliphatic heterocycles. The predicted octanol–water partition coefficient (Wildman–Crippen LogP) is 3.48. The van der Waals surface area contributed by atoms with Crippen molar-refractivity contribution in [1.29, 1.82) is 5.26 Å². The summed E-state index contributed by atoms with van der Waals surface area (Å²) in [6.45, 7) is 0. The molecule has 3 rings (SSSR count). The average Bonchev–Trinajstić information content (AvgIpc) is 2.64. The molecule has 6 nitrogen and oxygen atoms in total. The van der Waals surface area contributed by atoms with Gasteiger partial charge in [-0.05, 0) is 42.5 Å². The highest BCUT2D eigenvalue weighted by atomic mass is 19.1. The van der Waals surface area contributed by atoms with Crippen molar-refractivity contribution in [2.75, 3.05) is 10.6 Å². The van der Waals surface area contributed by atoms with Crippen molar-refractivity contribution in [3.05, 3.63) is 77.9 Å².